The highest BCUT2D eigenvalue weighted by atomic mass is 14.8. The maximum atomic E-state index is 4.71. The molecule has 0 saturated heterocycles. The van der Waals surface area contributed by atoms with Crippen LogP contribution in [-0.2, 0) is 0 Å². The number of hydrogen-bond donors (Lipinski definition) is 0. The van der Waals surface area contributed by atoms with E-state index in [1.54, 1.807) is 0 Å². The van der Waals surface area contributed by atoms with Crippen LogP contribution in [0.3, 0.4) is 0 Å². The zero-order valence-corrected chi connectivity index (χ0v) is 10.7. The number of hydrogen-bond acceptors (Lipinski definition) is 2. The van der Waals surface area contributed by atoms with Crippen molar-refractivity contribution < 1.29 is 0 Å². The van der Waals surface area contributed by atoms with Crippen molar-refractivity contribution in [2.45, 2.75) is 70.3 Å². The molecule has 0 aliphatic heterocycles. The van der Waals surface area contributed by atoms with Gasteiger partial charge in [0.2, 0.25) is 0 Å². The molecule has 1 saturated carbocycles. The van der Waals surface area contributed by atoms with E-state index < -0.39 is 0 Å². The minimum Gasteiger partial charge on any atom is -0.301 e. The molecular weight excluding hydrogens is 196 g/mol. The molecule has 0 amide bonds. The zero-order valence-electron chi connectivity index (χ0n) is 10.7. The first-order valence-corrected chi connectivity index (χ1v) is 6.85. The second kappa shape index (κ2) is 9.56. The molecule has 1 fully saturated rings. The Morgan fingerprint density at radius 2 is 1.56 bits per heavy atom. The highest BCUT2D eigenvalue weighted by Gasteiger charge is 2.08. The van der Waals surface area contributed by atoms with Crippen molar-refractivity contribution in [3.63, 3.8) is 0 Å². The molecule has 1 aliphatic rings. The van der Waals surface area contributed by atoms with Crippen LogP contribution in [0.5, 0.6) is 0 Å². The first kappa shape index (κ1) is 13.4. The van der Waals surface area contributed by atoms with Gasteiger partial charge in [0.15, 0.2) is 0 Å². The summed E-state index contributed by atoms with van der Waals surface area (Å²) in [5.74, 6) is 0. The highest BCUT2D eigenvalue weighted by Crippen LogP contribution is 2.19. The number of rotatable bonds is 5. The van der Waals surface area contributed by atoms with Gasteiger partial charge in [-0.1, -0.05) is 32.1 Å². The van der Waals surface area contributed by atoms with Crippen LogP contribution in [0.15, 0.2) is 9.98 Å². The molecule has 0 spiro atoms. The molecule has 2 nitrogen and oxygen atoms in total. The van der Waals surface area contributed by atoms with Crippen molar-refractivity contribution in [1.82, 2.24) is 0 Å². The summed E-state index contributed by atoms with van der Waals surface area (Å²) in [6, 6.07) is 0.625. The fourth-order valence-electron chi connectivity index (χ4n) is 2.24. The fourth-order valence-corrected chi connectivity index (χ4v) is 2.24. The standard InChI is InChI=1S/C14H26N2/c1-15-12-8-5-9-13-16-14-10-6-3-2-4-7-11-14/h12-14H,2-11H2,1H3. The van der Waals surface area contributed by atoms with Gasteiger partial charge >= 0.3 is 0 Å². The van der Waals surface area contributed by atoms with E-state index >= 15 is 0 Å². The maximum Gasteiger partial charge on any atom is 0.0495 e. The summed E-state index contributed by atoms with van der Waals surface area (Å²) >= 11 is 0. The van der Waals surface area contributed by atoms with Crippen molar-refractivity contribution >= 4 is 12.4 Å². The van der Waals surface area contributed by atoms with Gasteiger partial charge in [-0.25, -0.2) is 0 Å². The Hall–Kier alpha value is -0.660. The molecule has 0 bridgehead atoms. The lowest BCUT2D eigenvalue weighted by atomic mass is 9.97. The average molecular weight is 222 g/mol. The van der Waals surface area contributed by atoms with Crippen LogP contribution in [0.25, 0.3) is 0 Å². The van der Waals surface area contributed by atoms with Gasteiger partial charge in [0, 0.05) is 13.1 Å². The predicted octanol–water partition coefficient (Wildman–Crippen LogP) is 4.04. The summed E-state index contributed by atoms with van der Waals surface area (Å²) in [5, 5.41) is 0. The predicted molar refractivity (Wildman–Crippen MR) is 72.9 cm³/mol. The van der Waals surface area contributed by atoms with Gasteiger partial charge in [0.25, 0.3) is 0 Å². The Bertz CT molecular complexity index is 201. The van der Waals surface area contributed by atoms with Crippen molar-refractivity contribution in [3.05, 3.63) is 0 Å². The lowest BCUT2D eigenvalue weighted by Crippen LogP contribution is -2.07. The molecule has 1 rings (SSSR count). The smallest absolute Gasteiger partial charge is 0.0495 e. The summed E-state index contributed by atoms with van der Waals surface area (Å²) in [4.78, 5) is 8.69. The van der Waals surface area contributed by atoms with Crippen molar-refractivity contribution in [1.29, 1.82) is 0 Å². The zero-order chi connectivity index (χ0) is 11.5. The van der Waals surface area contributed by atoms with E-state index in [1.165, 1.54) is 51.4 Å². The summed E-state index contributed by atoms with van der Waals surface area (Å²) < 4.78 is 0. The molecule has 0 heterocycles. The van der Waals surface area contributed by atoms with Crippen molar-refractivity contribution in [3.8, 4) is 0 Å². The number of aliphatic imine (C=N–C) groups is 2. The van der Waals surface area contributed by atoms with Crippen LogP contribution < -0.4 is 0 Å². The Balaban J connectivity index is 2.10. The molecule has 0 atom stereocenters. The normalized spacial score (nSPS) is 20.3. The van der Waals surface area contributed by atoms with Gasteiger partial charge in [0.05, 0.1) is 0 Å². The molecule has 0 aromatic rings. The summed E-state index contributed by atoms with van der Waals surface area (Å²) in [6.07, 6.45) is 17.2. The molecule has 0 N–H and O–H groups in total. The van der Waals surface area contributed by atoms with Gasteiger partial charge in [-0.15, -0.1) is 0 Å². The Kier molecular flexibility index (Phi) is 8.01. The van der Waals surface area contributed by atoms with Gasteiger partial charge in [-0.2, -0.15) is 0 Å². The second-order valence-electron chi connectivity index (χ2n) is 4.70. The minimum absolute atomic E-state index is 0.625. The quantitative estimate of drug-likeness (QED) is 0.495. The van der Waals surface area contributed by atoms with Crippen LogP contribution in [0.2, 0.25) is 0 Å². The van der Waals surface area contributed by atoms with E-state index in [0.717, 1.165) is 12.8 Å². The average Bonchev–Trinajstić information content (AvgIpc) is 2.25. The van der Waals surface area contributed by atoms with Crippen LogP contribution in [0, 0.1) is 0 Å². The van der Waals surface area contributed by atoms with Gasteiger partial charge in [-0.3, -0.25) is 4.99 Å². The third-order valence-corrected chi connectivity index (χ3v) is 3.24. The van der Waals surface area contributed by atoms with E-state index in [9.17, 15) is 0 Å². The van der Waals surface area contributed by atoms with E-state index in [0.29, 0.717) is 6.04 Å². The fraction of sp³-hybridized carbons (Fsp3) is 0.857. The van der Waals surface area contributed by atoms with Gasteiger partial charge in [0.1, 0.15) is 0 Å². The molecule has 0 aromatic heterocycles. The largest absolute Gasteiger partial charge is 0.301 e. The topological polar surface area (TPSA) is 24.7 Å². The van der Waals surface area contributed by atoms with Crippen LogP contribution in [0.1, 0.15) is 64.2 Å². The SMILES string of the molecule is CN=CCCCC=NC1CCCCCCC1. The maximum absolute atomic E-state index is 4.71. The summed E-state index contributed by atoms with van der Waals surface area (Å²) in [5.41, 5.74) is 0. The molecule has 1 aliphatic carbocycles. The molecule has 0 aromatic carbocycles. The van der Waals surface area contributed by atoms with Crippen LogP contribution in [0.4, 0.5) is 0 Å². The molecule has 0 radical (unpaired) electrons. The van der Waals surface area contributed by atoms with E-state index in [2.05, 4.69) is 11.2 Å². The van der Waals surface area contributed by atoms with Crippen molar-refractivity contribution in [2.75, 3.05) is 7.05 Å². The molecular formula is C14H26N2. The third kappa shape index (κ3) is 6.76. The van der Waals surface area contributed by atoms with Gasteiger partial charge in [-0.05, 0) is 44.5 Å². The highest BCUT2D eigenvalue weighted by molar-refractivity contribution is 5.60. The Labute approximate surface area is 100 Å². The third-order valence-electron chi connectivity index (χ3n) is 3.24. The first-order chi connectivity index (χ1) is 7.93. The molecule has 2 heteroatoms. The Morgan fingerprint density at radius 3 is 2.25 bits per heavy atom. The second-order valence-corrected chi connectivity index (χ2v) is 4.70. The summed E-state index contributed by atoms with van der Waals surface area (Å²) in [7, 11) is 1.84. The van der Waals surface area contributed by atoms with Crippen molar-refractivity contribution in [2.24, 2.45) is 9.98 Å². The Morgan fingerprint density at radius 1 is 0.938 bits per heavy atom. The monoisotopic (exact) mass is 222 g/mol. The van der Waals surface area contributed by atoms with E-state index in [1.807, 2.05) is 13.3 Å². The van der Waals surface area contributed by atoms with Crippen LogP contribution >= 0.6 is 0 Å². The summed E-state index contributed by atoms with van der Waals surface area (Å²) in [6.45, 7) is 0. The van der Waals surface area contributed by atoms with Crippen LogP contribution in [-0.4, -0.2) is 25.5 Å². The molecule has 92 valence electrons. The first-order valence-electron chi connectivity index (χ1n) is 6.85. The molecule has 16 heavy (non-hydrogen) atoms. The van der Waals surface area contributed by atoms with E-state index in [4.69, 9.17) is 4.99 Å². The number of nitrogens with zero attached hydrogens (tertiary/aromatic N) is 2. The lowest BCUT2D eigenvalue weighted by Gasteiger charge is -2.15. The van der Waals surface area contributed by atoms with Gasteiger partial charge < -0.3 is 4.99 Å². The molecule has 0 unspecified atom stereocenters. The minimum atomic E-state index is 0.625. The lowest BCUT2D eigenvalue weighted by molar-refractivity contribution is 0.455. The van der Waals surface area contributed by atoms with E-state index in [-0.39, 0.29) is 0 Å². The number of unbranched alkanes of at least 4 members (excludes halogenated alkanes) is 2.